The highest BCUT2D eigenvalue weighted by Gasteiger charge is 2.27. The molecular formula is C11H7BrClNO2. The highest BCUT2D eigenvalue weighted by Crippen LogP contribution is 2.33. The van der Waals surface area contributed by atoms with Gasteiger partial charge >= 0.3 is 0 Å². The van der Waals surface area contributed by atoms with Gasteiger partial charge in [0.25, 0.3) is 11.8 Å². The molecule has 0 aliphatic carbocycles. The summed E-state index contributed by atoms with van der Waals surface area (Å²) in [5.74, 6) is -0.712. The topological polar surface area (TPSA) is 37.4 Å². The van der Waals surface area contributed by atoms with Crippen molar-refractivity contribution in [2.24, 2.45) is 0 Å². The molecule has 16 heavy (non-hydrogen) atoms. The number of hydrogen-bond donors (Lipinski definition) is 0. The zero-order valence-electron chi connectivity index (χ0n) is 8.33. The van der Waals surface area contributed by atoms with Crippen LogP contribution in [0.1, 0.15) is 5.56 Å². The molecule has 0 saturated heterocycles. The molecule has 0 aromatic heterocycles. The number of carbonyl (C=O) groups excluding carboxylic acids is 2. The predicted molar refractivity (Wildman–Crippen MR) is 65.5 cm³/mol. The summed E-state index contributed by atoms with van der Waals surface area (Å²) in [5, 5.41) is 0.519. The monoisotopic (exact) mass is 299 g/mol. The van der Waals surface area contributed by atoms with Crippen LogP contribution in [0.3, 0.4) is 0 Å². The van der Waals surface area contributed by atoms with Gasteiger partial charge in [-0.25, -0.2) is 4.90 Å². The third-order valence-corrected chi connectivity index (χ3v) is 3.32. The molecule has 1 heterocycles. The van der Waals surface area contributed by atoms with Gasteiger partial charge < -0.3 is 0 Å². The number of imide groups is 1. The van der Waals surface area contributed by atoms with Gasteiger partial charge in [-0.15, -0.1) is 0 Å². The van der Waals surface area contributed by atoms with Crippen molar-refractivity contribution in [1.82, 2.24) is 0 Å². The third kappa shape index (κ3) is 1.79. The van der Waals surface area contributed by atoms with Crippen molar-refractivity contribution in [2.75, 3.05) is 4.90 Å². The maximum absolute atomic E-state index is 11.5. The van der Waals surface area contributed by atoms with Crippen molar-refractivity contribution < 1.29 is 9.59 Å². The molecular weight excluding hydrogens is 293 g/mol. The molecule has 0 fully saturated rings. The van der Waals surface area contributed by atoms with E-state index in [2.05, 4.69) is 15.9 Å². The van der Waals surface area contributed by atoms with E-state index in [0.29, 0.717) is 15.2 Å². The lowest BCUT2D eigenvalue weighted by atomic mass is 10.2. The minimum absolute atomic E-state index is 0.356. The Balaban J connectivity index is 2.53. The molecule has 2 amide bonds. The first-order chi connectivity index (χ1) is 7.50. The van der Waals surface area contributed by atoms with Gasteiger partial charge in [0.05, 0.1) is 5.69 Å². The second-order valence-electron chi connectivity index (χ2n) is 3.40. The van der Waals surface area contributed by atoms with Crippen LogP contribution in [0.4, 0.5) is 5.69 Å². The molecule has 0 saturated carbocycles. The van der Waals surface area contributed by atoms with Gasteiger partial charge in [0.1, 0.15) is 0 Å². The predicted octanol–water partition coefficient (Wildman–Crippen LogP) is 2.84. The molecule has 0 N–H and O–H groups in total. The number of anilines is 1. The SMILES string of the molecule is Cc1cc(Br)c(N2C(=O)C=CC2=O)cc1Cl. The van der Waals surface area contributed by atoms with Crippen LogP contribution in [-0.4, -0.2) is 11.8 Å². The molecule has 2 rings (SSSR count). The Morgan fingerprint density at radius 2 is 1.75 bits per heavy atom. The van der Waals surface area contributed by atoms with Crippen LogP contribution in [0.2, 0.25) is 5.02 Å². The minimum Gasteiger partial charge on any atom is -0.269 e. The van der Waals surface area contributed by atoms with E-state index >= 15 is 0 Å². The van der Waals surface area contributed by atoms with Gasteiger partial charge in [-0.3, -0.25) is 9.59 Å². The van der Waals surface area contributed by atoms with E-state index in [-0.39, 0.29) is 11.8 Å². The van der Waals surface area contributed by atoms with Crippen LogP contribution in [0.15, 0.2) is 28.8 Å². The first-order valence-corrected chi connectivity index (χ1v) is 5.69. The standard InChI is InChI=1S/C11H7BrClNO2/c1-6-4-7(12)9(5-8(6)13)14-10(15)2-3-11(14)16/h2-5H,1H3. The van der Waals surface area contributed by atoms with E-state index in [1.165, 1.54) is 12.2 Å². The van der Waals surface area contributed by atoms with E-state index < -0.39 is 0 Å². The molecule has 1 aliphatic rings. The Morgan fingerprint density at radius 3 is 2.31 bits per heavy atom. The van der Waals surface area contributed by atoms with E-state index in [0.717, 1.165) is 10.5 Å². The average molecular weight is 301 g/mol. The summed E-state index contributed by atoms with van der Waals surface area (Å²) in [7, 11) is 0. The molecule has 1 aromatic carbocycles. The molecule has 0 atom stereocenters. The summed E-state index contributed by atoms with van der Waals surface area (Å²) in [6.45, 7) is 1.85. The van der Waals surface area contributed by atoms with Crippen molar-refractivity contribution in [3.8, 4) is 0 Å². The number of nitrogens with zero attached hydrogens (tertiary/aromatic N) is 1. The smallest absolute Gasteiger partial charge is 0.258 e. The molecule has 1 aromatic rings. The van der Waals surface area contributed by atoms with Crippen molar-refractivity contribution in [1.29, 1.82) is 0 Å². The Bertz CT molecular complexity index is 507. The van der Waals surface area contributed by atoms with Gasteiger partial charge in [0.2, 0.25) is 0 Å². The highest BCUT2D eigenvalue weighted by molar-refractivity contribution is 9.10. The van der Waals surface area contributed by atoms with Crippen LogP contribution in [0, 0.1) is 6.92 Å². The van der Waals surface area contributed by atoms with Crippen LogP contribution in [0.25, 0.3) is 0 Å². The normalized spacial score (nSPS) is 15.1. The fourth-order valence-electron chi connectivity index (χ4n) is 1.44. The quantitative estimate of drug-likeness (QED) is 0.748. The molecule has 5 heteroatoms. The molecule has 82 valence electrons. The molecule has 3 nitrogen and oxygen atoms in total. The average Bonchev–Trinajstić information content (AvgIpc) is 2.53. The van der Waals surface area contributed by atoms with Crippen LogP contribution in [-0.2, 0) is 9.59 Å². The van der Waals surface area contributed by atoms with Gasteiger partial charge in [0.15, 0.2) is 0 Å². The molecule has 1 aliphatic heterocycles. The molecule has 0 radical (unpaired) electrons. The number of aryl methyl sites for hydroxylation is 1. The number of amides is 2. The van der Waals surface area contributed by atoms with Gasteiger partial charge in [-0.05, 0) is 40.5 Å². The lowest BCUT2D eigenvalue weighted by Gasteiger charge is -2.16. The summed E-state index contributed by atoms with van der Waals surface area (Å²) >= 11 is 9.28. The summed E-state index contributed by atoms with van der Waals surface area (Å²) in [6.07, 6.45) is 2.48. The molecule has 0 bridgehead atoms. The number of benzene rings is 1. The lowest BCUT2D eigenvalue weighted by Crippen LogP contribution is -2.29. The fourth-order valence-corrected chi connectivity index (χ4v) is 2.24. The summed E-state index contributed by atoms with van der Waals surface area (Å²) in [4.78, 5) is 24.1. The third-order valence-electron chi connectivity index (χ3n) is 2.28. The fraction of sp³-hybridized carbons (Fsp3) is 0.0909. The maximum atomic E-state index is 11.5. The van der Waals surface area contributed by atoms with Crippen molar-refractivity contribution in [3.63, 3.8) is 0 Å². The van der Waals surface area contributed by atoms with Crippen molar-refractivity contribution >= 4 is 45.0 Å². The highest BCUT2D eigenvalue weighted by atomic mass is 79.9. The second-order valence-corrected chi connectivity index (χ2v) is 4.66. The van der Waals surface area contributed by atoms with Crippen LogP contribution in [0.5, 0.6) is 0 Å². The molecule has 0 unspecified atom stereocenters. The van der Waals surface area contributed by atoms with Gasteiger partial charge in [0, 0.05) is 21.6 Å². The van der Waals surface area contributed by atoms with E-state index in [1.54, 1.807) is 12.1 Å². The van der Waals surface area contributed by atoms with Gasteiger partial charge in [-0.2, -0.15) is 0 Å². The maximum Gasteiger partial charge on any atom is 0.258 e. The van der Waals surface area contributed by atoms with E-state index in [4.69, 9.17) is 11.6 Å². The van der Waals surface area contributed by atoms with E-state index in [1.807, 2.05) is 6.92 Å². The number of halogens is 2. The van der Waals surface area contributed by atoms with Crippen LogP contribution < -0.4 is 4.90 Å². The Hall–Kier alpha value is -1.13. The van der Waals surface area contributed by atoms with Crippen molar-refractivity contribution in [3.05, 3.63) is 39.3 Å². The Labute approximate surface area is 106 Å². The zero-order chi connectivity index (χ0) is 11.9. The summed E-state index contributed by atoms with van der Waals surface area (Å²) in [6, 6.07) is 3.38. The number of hydrogen-bond acceptors (Lipinski definition) is 2. The second kappa shape index (κ2) is 4.03. The Morgan fingerprint density at radius 1 is 1.19 bits per heavy atom. The Kier molecular flexibility index (Phi) is 2.86. The zero-order valence-corrected chi connectivity index (χ0v) is 10.7. The lowest BCUT2D eigenvalue weighted by molar-refractivity contribution is -0.119. The summed E-state index contributed by atoms with van der Waals surface area (Å²) in [5.41, 5.74) is 1.35. The first-order valence-electron chi connectivity index (χ1n) is 4.52. The number of rotatable bonds is 1. The number of carbonyl (C=O) groups is 2. The van der Waals surface area contributed by atoms with Gasteiger partial charge in [-0.1, -0.05) is 11.6 Å². The summed E-state index contributed by atoms with van der Waals surface area (Å²) < 4.78 is 0.666. The first kappa shape index (κ1) is 11.4. The molecule has 0 spiro atoms. The van der Waals surface area contributed by atoms with E-state index in [9.17, 15) is 9.59 Å². The van der Waals surface area contributed by atoms with Crippen molar-refractivity contribution in [2.45, 2.75) is 6.92 Å². The largest absolute Gasteiger partial charge is 0.269 e. The minimum atomic E-state index is -0.356. The van der Waals surface area contributed by atoms with Crippen LogP contribution >= 0.6 is 27.5 Å².